The standard InChI is InChI=1S/C23H21FN4O2/c1-27-21-6-8-25-13-20(21)19-5-4-17(10-22(19)27)28-9-7-18(11-23(28)29)30-14-16-3-2-15(24)12-26-16/h2-5,7,9-12,25H,6,8,13-14H2,1H3/i8D2,14D2. The molecule has 4 aromatic rings. The summed E-state index contributed by atoms with van der Waals surface area (Å²) in [5.41, 5.74) is 2.93. The summed E-state index contributed by atoms with van der Waals surface area (Å²) in [6, 6.07) is 10.5. The van der Waals surface area contributed by atoms with Crippen molar-refractivity contribution in [1.29, 1.82) is 0 Å². The summed E-state index contributed by atoms with van der Waals surface area (Å²) in [7, 11) is 1.89. The molecule has 3 aromatic heterocycles. The van der Waals surface area contributed by atoms with Crippen molar-refractivity contribution in [2.24, 2.45) is 7.05 Å². The van der Waals surface area contributed by atoms with E-state index in [9.17, 15) is 9.18 Å². The molecule has 0 aliphatic carbocycles. The third-order valence-electron chi connectivity index (χ3n) is 5.24. The second-order valence-corrected chi connectivity index (χ2v) is 7.03. The van der Waals surface area contributed by atoms with Crippen LogP contribution in [0.15, 0.2) is 59.7 Å². The average Bonchev–Trinajstić information content (AvgIpc) is 3.04. The predicted molar refractivity (Wildman–Crippen MR) is 112 cm³/mol. The summed E-state index contributed by atoms with van der Waals surface area (Å²) < 4.78 is 54.0. The van der Waals surface area contributed by atoms with E-state index >= 15 is 0 Å². The van der Waals surface area contributed by atoms with E-state index in [1.807, 2.05) is 29.8 Å². The Morgan fingerprint density at radius 1 is 1.30 bits per heavy atom. The van der Waals surface area contributed by atoms with E-state index in [1.165, 1.54) is 29.0 Å². The molecule has 7 heteroatoms. The SMILES string of the molecule is [2H]C1([2H])Cc2c(c3ccc(-n4ccc(OC([2H])([2H])c5ccc(F)cn5)cc4=O)cc3n2C)CN1. The summed E-state index contributed by atoms with van der Waals surface area (Å²) in [6.07, 6.45) is 2.64. The topological polar surface area (TPSA) is 61.1 Å². The summed E-state index contributed by atoms with van der Waals surface area (Å²) >= 11 is 0. The minimum atomic E-state index is -2.35. The zero-order valence-electron chi connectivity index (χ0n) is 20.1. The fraction of sp³-hybridized carbons (Fsp3) is 0.217. The zero-order chi connectivity index (χ0) is 24.3. The lowest BCUT2D eigenvalue weighted by atomic mass is 10.1. The van der Waals surface area contributed by atoms with Crippen LogP contribution in [0.3, 0.4) is 0 Å². The monoisotopic (exact) mass is 408 g/mol. The van der Waals surface area contributed by atoms with Gasteiger partial charge in [0.1, 0.15) is 18.1 Å². The van der Waals surface area contributed by atoms with E-state index in [4.69, 9.17) is 10.2 Å². The van der Waals surface area contributed by atoms with Crippen molar-refractivity contribution < 1.29 is 14.6 Å². The number of rotatable bonds is 4. The van der Waals surface area contributed by atoms with Gasteiger partial charge in [-0.15, -0.1) is 0 Å². The molecule has 0 saturated heterocycles. The number of nitrogens with zero attached hydrogens (tertiary/aromatic N) is 3. The van der Waals surface area contributed by atoms with E-state index in [-0.39, 0.29) is 17.9 Å². The first-order valence-electron chi connectivity index (χ1n) is 11.4. The number of hydrogen-bond acceptors (Lipinski definition) is 4. The highest BCUT2D eigenvalue weighted by atomic mass is 19.1. The number of nitrogens with one attached hydrogen (secondary N) is 1. The molecule has 5 rings (SSSR count). The Morgan fingerprint density at radius 2 is 2.20 bits per heavy atom. The fourth-order valence-electron chi connectivity index (χ4n) is 3.71. The van der Waals surface area contributed by atoms with Gasteiger partial charge in [0.25, 0.3) is 5.56 Å². The molecule has 6 nitrogen and oxygen atoms in total. The van der Waals surface area contributed by atoms with Crippen LogP contribution in [-0.4, -0.2) is 20.6 Å². The van der Waals surface area contributed by atoms with Crippen LogP contribution in [0.2, 0.25) is 0 Å². The zero-order valence-corrected chi connectivity index (χ0v) is 16.1. The first kappa shape index (κ1) is 14.5. The molecule has 30 heavy (non-hydrogen) atoms. The average molecular weight is 408 g/mol. The van der Waals surface area contributed by atoms with Gasteiger partial charge in [0.15, 0.2) is 0 Å². The number of hydrogen-bond donors (Lipinski definition) is 1. The van der Waals surface area contributed by atoms with E-state index in [0.29, 0.717) is 12.2 Å². The third-order valence-corrected chi connectivity index (χ3v) is 5.24. The van der Waals surface area contributed by atoms with Crippen molar-refractivity contribution in [3.8, 4) is 11.4 Å². The van der Waals surface area contributed by atoms with Crippen LogP contribution in [0.25, 0.3) is 16.6 Å². The number of pyridine rings is 2. The Labute approximate surface area is 178 Å². The molecule has 1 N–H and O–H groups in total. The van der Waals surface area contributed by atoms with E-state index in [2.05, 4.69) is 10.3 Å². The summed E-state index contributed by atoms with van der Waals surface area (Å²) in [4.78, 5) is 16.6. The van der Waals surface area contributed by atoms with Gasteiger partial charge in [-0.3, -0.25) is 14.3 Å². The van der Waals surface area contributed by atoms with Gasteiger partial charge < -0.3 is 14.6 Å². The highest BCUT2D eigenvalue weighted by molar-refractivity contribution is 5.87. The third kappa shape index (κ3) is 3.27. The van der Waals surface area contributed by atoms with E-state index in [1.54, 1.807) is 0 Å². The van der Waals surface area contributed by atoms with Crippen LogP contribution in [0, 0.1) is 5.82 Å². The van der Waals surface area contributed by atoms with Gasteiger partial charge in [0.2, 0.25) is 0 Å². The molecule has 152 valence electrons. The molecular weight excluding hydrogens is 383 g/mol. The van der Waals surface area contributed by atoms with Gasteiger partial charge in [-0.25, -0.2) is 4.39 Å². The quantitative estimate of drug-likeness (QED) is 0.564. The van der Waals surface area contributed by atoms with Crippen LogP contribution in [0.4, 0.5) is 4.39 Å². The number of aryl methyl sites for hydroxylation is 1. The maximum Gasteiger partial charge on any atom is 0.258 e. The molecule has 1 aromatic carbocycles. The van der Waals surface area contributed by atoms with Crippen molar-refractivity contribution in [1.82, 2.24) is 19.4 Å². The first-order chi connectivity index (χ1) is 16.0. The van der Waals surface area contributed by atoms with Crippen LogP contribution < -0.4 is 15.6 Å². The Kier molecular flexibility index (Phi) is 3.59. The molecule has 0 spiro atoms. The smallest absolute Gasteiger partial charge is 0.258 e. The van der Waals surface area contributed by atoms with Crippen LogP contribution >= 0.6 is 0 Å². The van der Waals surface area contributed by atoms with Crippen molar-refractivity contribution in [3.63, 3.8) is 0 Å². The molecular formula is C23H21FN4O2. The van der Waals surface area contributed by atoms with Crippen molar-refractivity contribution in [2.75, 3.05) is 6.50 Å². The minimum Gasteiger partial charge on any atom is -0.487 e. The van der Waals surface area contributed by atoms with Crippen molar-refractivity contribution in [3.05, 3.63) is 88.0 Å². The van der Waals surface area contributed by atoms with E-state index < -0.39 is 24.4 Å². The van der Waals surface area contributed by atoms with E-state index in [0.717, 1.165) is 34.4 Å². The van der Waals surface area contributed by atoms with Gasteiger partial charge in [-0.1, -0.05) is 6.07 Å². The molecule has 1 aliphatic rings. The molecule has 1 aliphatic heterocycles. The minimum absolute atomic E-state index is 0.0149. The maximum atomic E-state index is 13.1. The highest BCUT2D eigenvalue weighted by Gasteiger charge is 2.18. The molecule has 0 atom stereocenters. The maximum absolute atomic E-state index is 13.1. The summed E-state index contributed by atoms with van der Waals surface area (Å²) in [5, 5.41) is 3.91. The molecule has 0 fully saturated rings. The normalized spacial score (nSPS) is 17.5. The molecule has 0 amide bonds. The lowest BCUT2D eigenvalue weighted by molar-refractivity contribution is 0.300. The molecule has 0 saturated carbocycles. The van der Waals surface area contributed by atoms with Crippen molar-refractivity contribution >= 4 is 10.9 Å². The second-order valence-electron chi connectivity index (χ2n) is 7.03. The first-order valence-corrected chi connectivity index (χ1v) is 9.43. The van der Waals surface area contributed by atoms with Gasteiger partial charge in [0, 0.05) is 52.6 Å². The van der Waals surface area contributed by atoms with Gasteiger partial charge >= 0.3 is 0 Å². The number of fused-ring (bicyclic) bond motifs is 3. The number of halogens is 1. The van der Waals surface area contributed by atoms with Gasteiger partial charge in [-0.05, 0) is 35.9 Å². The van der Waals surface area contributed by atoms with Crippen molar-refractivity contribution in [2.45, 2.75) is 19.5 Å². The number of ether oxygens (including phenoxy) is 1. The Bertz CT molecular complexity index is 1460. The fourth-order valence-corrected chi connectivity index (χ4v) is 3.71. The lowest BCUT2D eigenvalue weighted by Gasteiger charge is -2.14. The summed E-state index contributed by atoms with van der Waals surface area (Å²) in [6.45, 7) is -3.40. The van der Waals surface area contributed by atoms with Crippen LogP contribution in [0.5, 0.6) is 5.75 Å². The highest BCUT2D eigenvalue weighted by Crippen LogP contribution is 2.29. The molecule has 0 bridgehead atoms. The Morgan fingerprint density at radius 3 is 3.00 bits per heavy atom. The number of aromatic nitrogens is 3. The lowest BCUT2D eigenvalue weighted by Crippen LogP contribution is -2.24. The van der Waals surface area contributed by atoms with Gasteiger partial charge in [0.05, 0.1) is 25.8 Å². The molecule has 4 heterocycles. The number of benzene rings is 1. The van der Waals surface area contributed by atoms with Gasteiger partial charge in [-0.2, -0.15) is 0 Å². The summed E-state index contributed by atoms with van der Waals surface area (Å²) in [5.74, 6) is -0.575. The Balaban J connectivity index is 1.47. The van der Waals surface area contributed by atoms with Crippen LogP contribution in [-0.2, 0) is 26.6 Å². The molecule has 0 radical (unpaired) electrons. The Hall–Kier alpha value is -3.45. The second kappa shape index (κ2) is 7.42. The largest absolute Gasteiger partial charge is 0.487 e. The molecule has 0 unspecified atom stereocenters. The van der Waals surface area contributed by atoms with Crippen LogP contribution in [0.1, 0.15) is 22.4 Å². The predicted octanol–water partition coefficient (Wildman–Crippen LogP) is 3.09.